The van der Waals surface area contributed by atoms with Gasteiger partial charge in [0.15, 0.2) is 11.2 Å². The van der Waals surface area contributed by atoms with Gasteiger partial charge >= 0.3 is 12.1 Å². The number of allylic oxidation sites excluding steroid dienone is 3. The summed E-state index contributed by atoms with van der Waals surface area (Å²) >= 11 is 1.18. The van der Waals surface area contributed by atoms with E-state index in [0.717, 1.165) is 38.0 Å². The van der Waals surface area contributed by atoms with Crippen molar-refractivity contribution in [1.82, 2.24) is 0 Å². The van der Waals surface area contributed by atoms with Crippen LogP contribution in [0, 0.1) is 0 Å². The number of phenols is 1. The number of benzene rings is 2. The second-order valence-electron chi connectivity index (χ2n) is 10.9. The number of unbranched alkanes of at least 4 members (excludes halogenated alkanes) is 2. The average Bonchev–Trinajstić information content (AvgIpc) is 3.55. The summed E-state index contributed by atoms with van der Waals surface area (Å²) < 4.78 is 21.2. The number of rotatable bonds is 17. The Balaban J connectivity index is 1.40. The lowest BCUT2D eigenvalue weighted by Crippen LogP contribution is -2.12. The standard InChI is InChI=1S/C36H36O12S/c1-3-10-26-28(15-14-24(21(2)37)33(26)39)45-16-9-7-5-4-6-8-11-31(34(40)30-17-22(20-46-30)35(41)42)49-23-12-13-25-27(38)19-32(48-36(43)44)47-29(25)18-23/h4,6,8,11-15,17-20,31,34,39-40H,3,5,7,9-10,16H2,1-2H3,(H,41,42)(H,43,44)/b6-4-,11-8+/t31-,34+/m0/s1. The highest BCUT2D eigenvalue weighted by atomic mass is 32.2. The van der Waals surface area contributed by atoms with Crippen LogP contribution in [-0.4, -0.2) is 50.2 Å². The van der Waals surface area contributed by atoms with Gasteiger partial charge in [-0.2, -0.15) is 0 Å². The molecule has 4 N–H and O–H groups in total. The van der Waals surface area contributed by atoms with Crippen LogP contribution in [0.5, 0.6) is 17.4 Å². The molecular formula is C36H36O12S. The lowest BCUT2D eigenvalue weighted by molar-refractivity contribution is 0.0695. The molecule has 0 aliphatic heterocycles. The van der Waals surface area contributed by atoms with E-state index in [2.05, 4.69) is 4.74 Å². The highest BCUT2D eigenvalue weighted by molar-refractivity contribution is 8.00. The predicted molar refractivity (Wildman–Crippen MR) is 181 cm³/mol. The first kappa shape index (κ1) is 36.6. The summed E-state index contributed by atoms with van der Waals surface area (Å²) in [7, 11) is 0. The van der Waals surface area contributed by atoms with Crippen molar-refractivity contribution in [2.75, 3.05) is 6.61 Å². The van der Waals surface area contributed by atoms with Gasteiger partial charge in [0, 0.05) is 10.5 Å². The van der Waals surface area contributed by atoms with Gasteiger partial charge in [0.1, 0.15) is 35.2 Å². The van der Waals surface area contributed by atoms with Crippen LogP contribution in [0.3, 0.4) is 0 Å². The number of thioether (sulfide) groups is 1. The number of hydrogen-bond donors (Lipinski definition) is 4. The van der Waals surface area contributed by atoms with Gasteiger partial charge in [0.2, 0.25) is 0 Å². The molecular weight excluding hydrogens is 656 g/mol. The first-order valence-electron chi connectivity index (χ1n) is 15.5. The number of hydrogen-bond acceptors (Lipinski definition) is 11. The number of phenolic OH excluding ortho intramolecular Hbond substituents is 1. The summed E-state index contributed by atoms with van der Waals surface area (Å²) in [6, 6.07) is 10.1. The smallest absolute Gasteiger partial charge is 0.507 e. The third-order valence-corrected chi connectivity index (χ3v) is 8.51. The topological polar surface area (TPSA) is 194 Å². The van der Waals surface area contributed by atoms with Gasteiger partial charge in [0.05, 0.1) is 34.4 Å². The van der Waals surface area contributed by atoms with E-state index in [1.807, 2.05) is 19.1 Å². The number of carboxylic acid groups (broad SMARTS) is 2. The molecule has 0 aliphatic carbocycles. The van der Waals surface area contributed by atoms with Crippen molar-refractivity contribution in [3.05, 3.63) is 106 Å². The highest BCUT2D eigenvalue weighted by Gasteiger charge is 2.25. The fourth-order valence-corrected chi connectivity index (χ4v) is 5.96. The molecule has 258 valence electrons. The van der Waals surface area contributed by atoms with Gasteiger partial charge in [-0.15, -0.1) is 11.8 Å². The Morgan fingerprint density at radius 2 is 1.84 bits per heavy atom. The predicted octanol–water partition coefficient (Wildman–Crippen LogP) is 7.56. The Bertz CT molecular complexity index is 1920. The minimum absolute atomic E-state index is 0.0239. The van der Waals surface area contributed by atoms with E-state index in [0.29, 0.717) is 29.2 Å². The average molecular weight is 693 g/mol. The molecule has 0 saturated heterocycles. The molecule has 2 aromatic carbocycles. The third-order valence-electron chi connectivity index (χ3n) is 7.30. The molecule has 0 unspecified atom stereocenters. The molecule has 0 saturated carbocycles. The van der Waals surface area contributed by atoms with Crippen LogP contribution in [0.1, 0.15) is 77.7 Å². The number of carbonyl (C=O) groups is 3. The molecule has 2 heterocycles. The maximum Gasteiger partial charge on any atom is 0.513 e. The van der Waals surface area contributed by atoms with Crippen molar-refractivity contribution < 1.29 is 53.1 Å². The van der Waals surface area contributed by atoms with Crippen LogP contribution in [0.2, 0.25) is 0 Å². The van der Waals surface area contributed by atoms with E-state index in [1.165, 1.54) is 36.9 Å². The molecule has 0 fully saturated rings. The molecule has 4 rings (SSSR count). The Kier molecular flexibility index (Phi) is 12.9. The first-order chi connectivity index (χ1) is 23.5. The summed E-state index contributed by atoms with van der Waals surface area (Å²) in [6.07, 6.45) is 9.04. The summed E-state index contributed by atoms with van der Waals surface area (Å²) in [5.74, 6) is -1.31. The van der Waals surface area contributed by atoms with E-state index >= 15 is 0 Å². The zero-order valence-electron chi connectivity index (χ0n) is 26.8. The van der Waals surface area contributed by atoms with Gasteiger partial charge in [0.25, 0.3) is 5.95 Å². The van der Waals surface area contributed by atoms with E-state index in [9.17, 15) is 34.5 Å². The summed E-state index contributed by atoms with van der Waals surface area (Å²) in [4.78, 5) is 47.0. The molecule has 0 aliphatic rings. The van der Waals surface area contributed by atoms with E-state index in [-0.39, 0.29) is 39.4 Å². The highest BCUT2D eigenvalue weighted by Crippen LogP contribution is 2.36. The van der Waals surface area contributed by atoms with Crippen molar-refractivity contribution in [3.63, 3.8) is 0 Å². The van der Waals surface area contributed by atoms with Gasteiger partial charge in [-0.1, -0.05) is 37.6 Å². The lowest BCUT2D eigenvalue weighted by atomic mass is 10.0. The number of ketones is 1. The molecule has 2 aromatic heterocycles. The van der Waals surface area contributed by atoms with Crippen LogP contribution in [0.15, 0.2) is 91.6 Å². The fourth-order valence-electron chi connectivity index (χ4n) is 4.89. The molecule has 13 heteroatoms. The van der Waals surface area contributed by atoms with Crippen LogP contribution in [-0.2, 0) is 6.42 Å². The molecule has 0 bridgehead atoms. The van der Waals surface area contributed by atoms with Crippen molar-refractivity contribution in [3.8, 4) is 17.4 Å². The Morgan fingerprint density at radius 1 is 1.04 bits per heavy atom. The largest absolute Gasteiger partial charge is 0.513 e. The first-order valence-corrected chi connectivity index (χ1v) is 16.3. The molecule has 12 nitrogen and oxygen atoms in total. The number of carboxylic acids is 1. The van der Waals surface area contributed by atoms with E-state index in [1.54, 1.807) is 30.4 Å². The number of Topliss-reactive ketones (excluding diaryl/α,β-unsaturated/α-hetero) is 1. The lowest BCUT2D eigenvalue weighted by Gasteiger charge is -2.18. The SMILES string of the molecule is CCCc1c(OCCCC/C=C\C=C\[C@H](Sc2ccc3c(=O)cc(OC(=O)O)oc3c2)[C@H](O)c2cc(C(=O)O)co2)ccc(C(C)=O)c1O. The number of aromatic carboxylic acids is 1. The summed E-state index contributed by atoms with van der Waals surface area (Å²) in [5, 5.41) is 39.4. The molecule has 49 heavy (non-hydrogen) atoms. The summed E-state index contributed by atoms with van der Waals surface area (Å²) in [5.41, 5.74) is 0.378. The fraction of sp³-hybridized carbons (Fsp3) is 0.278. The zero-order chi connectivity index (χ0) is 35.5. The van der Waals surface area contributed by atoms with Crippen LogP contribution < -0.4 is 14.9 Å². The third kappa shape index (κ3) is 9.87. The van der Waals surface area contributed by atoms with Gasteiger partial charge in [-0.05, 0) is 69.0 Å². The normalized spacial score (nSPS) is 12.8. The van der Waals surface area contributed by atoms with Crippen LogP contribution >= 0.6 is 11.8 Å². The van der Waals surface area contributed by atoms with Crippen molar-refractivity contribution in [2.45, 2.75) is 62.2 Å². The number of carbonyl (C=O) groups excluding carboxylic acids is 1. The molecule has 0 spiro atoms. The van der Waals surface area contributed by atoms with Crippen LogP contribution in [0.4, 0.5) is 4.79 Å². The monoisotopic (exact) mass is 692 g/mol. The Labute approximate surface area is 285 Å². The molecule has 4 aromatic rings. The van der Waals surface area contributed by atoms with Crippen LogP contribution in [0.25, 0.3) is 11.0 Å². The van der Waals surface area contributed by atoms with Crippen molar-refractivity contribution in [2.24, 2.45) is 0 Å². The van der Waals surface area contributed by atoms with Gasteiger partial charge < -0.3 is 38.7 Å². The number of aliphatic hydroxyl groups excluding tert-OH is 1. The van der Waals surface area contributed by atoms with E-state index in [4.69, 9.17) is 18.7 Å². The number of ether oxygens (including phenoxy) is 2. The Hall–Kier alpha value is -5.27. The van der Waals surface area contributed by atoms with Crippen molar-refractivity contribution in [1.29, 1.82) is 0 Å². The molecule has 0 radical (unpaired) electrons. The van der Waals surface area contributed by atoms with Gasteiger partial charge in [-0.3, -0.25) is 9.59 Å². The minimum atomic E-state index is -1.64. The number of furan rings is 1. The summed E-state index contributed by atoms with van der Waals surface area (Å²) in [6.45, 7) is 3.83. The molecule has 0 amide bonds. The second-order valence-corrected chi connectivity index (χ2v) is 12.2. The second kappa shape index (κ2) is 17.2. The van der Waals surface area contributed by atoms with Crippen molar-refractivity contribution >= 4 is 40.6 Å². The number of fused-ring (bicyclic) bond motifs is 1. The quantitative estimate of drug-likeness (QED) is 0.0279. The number of aliphatic hydroxyl groups is 1. The van der Waals surface area contributed by atoms with Gasteiger partial charge in [-0.25, -0.2) is 9.59 Å². The minimum Gasteiger partial charge on any atom is -0.507 e. The maximum atomic E-state index is 12.4. The zero-order valence-corrected chi connectivity index (χ0v) is 27.6. The maximum absolute atomic E-state index is 12.4. The van der Waals surface area contributed by atoms with E-state index < -0.39 is 34.9 Å². The molecule has 2 atom stereocenters. The number of aromatic hydroxyl groups is 1. The Morgan fingerprint density at radius 3 is 2.53 bits per heavy atom.